The van der Waals surface area contributed by atoms with Gasteiger partial charge in [-0.05, 0) is 77.6 Å². The van der Waals surface area contributed by atoms with Crippen molar-refractivity contribution >= 4 is 57.7 Å². The molecule has 226 valence electrons. The fraction of sp³-hybridized carbons (Fsp3) is 0.219. The zero-order chi connectivity index (χ0) is 31.1. The van der Waals surface area contributed by atoms with Gasteiger partial charge in [0.15, 0.2) is 17.7 Å². The van der Waals surface area contributed by atoms with Gasteiger partial charge in [-0.3, -0.25) is 19.0 Å². The van der Waals surface area contributed by atoms with E-state index in [9.17, 15) is 14.7 Å². The van der Waals surface area contributed by atoms with Gasteiger partial charge < -0.3 is 19.7 Å². The van der Waals surface area contributed by atoms with Crippen molar-refractivity contribution in [3.63, 3.8) is 0 Å². The molecule has 1 saturated heterocycles. The van der Waals surface area contributed by atoms with E-state index in [1.807, 2.05) is 36.4 Å². The molecule has 2 aliphatic rings. The summed E-state index contributed by atoms with van der Waals surface area (Å²) in [6.45, 7) is 0.0613. The van der Waals surface area contributed by atoms with Gasteiger partial charge in [-0.15, -0.1) is 0 Å². The molecule has 2 aromatic heterocycles. The number of para-hydroxylation sites is 2. The van der Waals surface area contributed by atoms with Gasteiger partial charge in [-0.1, -0.05) is 42.5 Å². The van der Waals surface area contributed by atoms with Crippen molar-refractivity contribution in [2.45, 2.75) is 37.9 Å². The highest BCUT2D eigenvalue weighted by molar-refractivity contribution is 7.80. The maximum Gasteiger partial charge on any atom is 0.325 e. The van der Waals surface area contributed by atoms with Crippen molar-refractivity contribution in [2.24, 2.45) is 12.0 Å². The van der Waals surface area contributed by atoms with E-state index < -0.39 is 11.9 Å². The SMILES string of the molecule is C[n+]1noc(/N=C(\[O-])c2ccccc2)c1CN1C(=S)N(C2CC2)C(=O)C1CC(=O)Nc1ccc(-c2nc3ccccc3o2)cc1. The van der Waals surface area contributed by atoms with Crippen LogP contribution < -0.4 is 15.1 Å². The molecule has 2 fully saturated rings. The van der Waals surface area contributed by atoms with Gasteiger partial charge in [0.05, 0.1) is 6.42 Å². The van der Waals surface area contributed by atoms with Gasteiger partial charge in [0.2, 0.25) is 17.1 Å². The monoisotopic (exact) mass is 621 g/mol. The number of benzene rings is 3. The Balaban J connectivity index is 1.09. The molecule has 13 heteroatoms. The van der Waals surface area contributed by atoms with E-state index in [4.69, 9.17) is 21.2 Å². The Hall–Kier alpha value is -5.43. The minimum absolute atomic E-state index is 0.00806. The summed E-state index contributed by atoms with van der Waals surface area (Å²) in [4.78, 5) is 38.8. The lowest BCUT2D eigenvalue weighted by Gasteiger charge is -2.21. The first kappa shape index (κ1) is 28.3. The highest BCUT2D eigenvalue weighted by atomic mass is 32.1. The number of carbonyl (C=O) groups excluding carboxylic acids is 2. The lowest BCUT2D eigenvalue weighted by molar-refractivity contribution is -0.746. The topological polar surface area (TPSA) is 144 Å². The minimum atomic E-state index is -0.857. The number of carbonyl (C=O) groups is 2. The standard InChI is InChI=1S/C32H27N7O5S/c1-37-25(30(44-36-37)35-28(41)19-7-3-2-4-8-19)18-38-24(31(42)39(32(38)45)22-15-16-22)17-27(40)33-21-13-11-20(12-14-21)29-34-23-9-5-6-10-26(23)43-29/h2-14,22,24H,15-18H2,1H3,(H-,33,34,35,36,40,41). The number of oxazole rings is 1. The first-order valence-electron chi connectivity index (χ1n) is 14.4. The average molecular weight is 622 g/mol. The maximum absolute atomic E-state index is 13.6. The van der Waals surface area contributed by atoms with Gasteiger partial charge >= 0.3 is 5.88 Å². The third-order valence-corrected chi connectivity index (χ3v) is 8.21. The molecule has 1 aliphatic carbocycles. The molecule has 3 aromatic carbocycles. The van der Waals surface area contributed by atoms with Crippen LogP contribution in [0.4, 0.5) is 11.6 Å². The number of hydrogen-bond acceptors (Lipinski definition) is 9. The molecule has 1 N–H and O–H groups in total. The Morgan fingerprint density at radius 1 is 1.09 bits per heavy atom. The molecule has 7 rings (SSSR count). The molecule has 45 heavy (non-hydrogen) atoms. The van der Waals surface area contributed by atoms with Crippen molar-refractivity contribution in [2.75, 3.05) is 5.32 Å². The molecule has 5 aromatic rings. The first-order chi connectivity index (χ1) is 21.9. The maximum atomic E-state index is 13.6. The number of hydrogen-bond donors (Lipinski definition) is 1. The van der Waals surface area contributed by atoms with Crippen molar-refractivity contribution in [1.29, 1.82) is 0 Å². The second kappa shape index (κ2) is 11.6. The number of nitrogens with one attached hydrogen (secondary N) is 1. The summed E-state index contributed by atoms with van der Waals surface area (Å²) >= 11 is 5.75. The Labute approximate surface area is 262 Å². The number of amides is 2. The van der Waals surface area contributed by atoms with E-state index in [0.29, 0.717) is 33.5 Å². The third kappa shape index (κ3) is 5.65. The number of aliphatic imine (C=N–C) groups is 1. The largest absolute Gasteiger partial charge is 0.858 e. The predicted octanol–water partition coefficient (Wildman–Crippen LogP) is 3.23. The molecule has 0 spiro atoms. The fourth-order valence-electron chi connectivity index (χ4n) is 5.28. The van der Waals surface area contributed by atoms with E-state index in [0.717, 1.165) is 23.9 Å². The second-order valence-corrected chi connectivity index (χ2v) is 11.3. The van der Waals surface area contributed by atoms with Crippen LogP contribution in [0.1, 0.15) is 30.5 Å². The molecule has 1 aliphatic heterocycles. The number of aromatic nitrogens is 3. The summed E-state index contributed by atoms with van der Waals surface area (Å²) in [7, 11) is 1.65. The normalized spacial score (nSPS) is 17.0. The Morgan fingerprint density at radius 2 is 1.82 bits per heavy atom. The Bertz CT molecular complexity index is 1920. The summed E-state index contributed by atoms with van der Waals surface area (Å²) in [5.74, 6) is -0.595. The second-order valence-electron chi connectivity index (χ2n) is 10.9. The van der Waals surface area contributed by atoms with Crippen LogP contribution in [0.3, 0.4) is 0 Å². The molecule has 0 radical (unpaired) electrons. The summed E-state index contributed by atoms with van der Waals surface area (Å²) < 4.78 is 12.6. The number of anilines is 1. The molecule has 0 bridgehead atoms. The van der Waals surface area contributed by atoms with Crippen molar-refractivity contribution in [3.8, 4) is 11.5 Å². The van der Waals surface area contributed by atoms with Gasteiger partial charge in [0.1, 0.15) is 18.1 Å². The zero-order valence-electron chi connectivity index (χ0n) is 24.1. The van der Waals surface area contributed by atoms with Crippen LogP contribution in [0.2, 0.25) is 0 Å². The zero-order valence-corrected chi connectivity index (χ0v) is 24.9. The Kier molecular flexibility index (Phi) is 7.29. The molecular formula is C32H27N7O5S. The van der Waals surface area contributed by atoms with Crippen LogP contribution in [0, 0.1) is 0 Å². The van der Waals surface area contributed by atoms with Crippen molar-refractivity contribution < 1.29 is 28.3 Å². The average Bonchev–Trinajstić information content (AvgIpc) is 3.62. The lowest BCUT2D eigenvalue weighted by Crippen LogP contribution is -2.42. The Morgan fingerprint density at radius 3 is 2.56 bits per heavy atom. The smallest absolute Gasteiger partial charge is 0.325 e. The van der Waals surface area contributed by atoms with E-state index in [1.165, 1.54) is 4.68 Å². The van der Waals surface area contributed by atoms with E-state index in [-0.39, 0.29) is 36.7 Å². The molecular weight excluding hydrogens is 594 g/mol. The number of aryl methyl sites for hydroxylation is 1. The summed E-state index contributed by atoms with van der Waals surface area (Å²) in [6.07, 6.45) is 1.55. The molecule has 3 heterocycles. The van der Waals surface area contributed by atoms with Crippen LogP contribution in [-0.2, 0) is 23.2 Å². The van der Waals surface area contributed by atoms with E-state index >= 15 is 0 Å². The number of rotatable bonds is 9. The lowest BCUT2D eigenvalue weighted by atomic mass is 10.1. The number of thiocarbonyl (C=S) groups is 1. The van der Waals surface area contributed by atoms with Gasteiger partial charge in [-0.25, -0.2) is 9.98 Å². The highest BCUT2D eigenvalue weighted by Gasteiger charge is 2.50. The number of fused-ring (bicyclic) bond motifs is 1. The quantitative estimate of drug-likeness (QED) is 0.114. The molecule has 12 nitrogen and oxygen atoms in total. The summed E-state index contributed by atoms with van der Waals surface area (Å²) in [5, 5.41) is 19.9. The van der Waals surface area contributed by atoms with Gasteiger partial charge in [-0.2, -0.15) is 0 Å². The first-order valence-corrected chi connectivity index (χ1v) is 14.8. The van der Waals surface area contributed by atoms with Crippen LogP contribution in [-0.4, -0.2) is 55.0 Å². The van der Waals surface area contributed by atoms with Crippen LogP contribution in [0.25, 0.3) is 22.6 Å². The summed E-state index contributed by atoms with van der Waals surface area (Å²) in [6, 6.07) is 22.4. The minimum Gasteiger partial charge on any atom is -0.858 e. The highest BCUT2D eigenvalue weighted by Crippen LogP contribution is 2.35. The van der Waals surface area contributed by atoms with Gasteiger partial charge in [0, 0.05) is 17.3 Å². The molecule has 1 atom stereocenters. The molecule has 1 unspecified atom stereocenters. The predicted molar refractivity (Wildman–Crippen MR) is 165 cm³/mol. The summed E-state index contributed by atoms with van der Waals surface area (Å²) in [5.41, 5.74) is 3.61. The van der Waals surface area contributed by atoms with Gasteiger partial charge in [0.25, 0.3) is 11.6 Å². The third-order valence-electron chi connectivity index (χ3n) is 7.78. The molecule has 1 saturated carbocycles. The van der Waals surface area contributed by atoms with Crippen LogP contribution in [0.15, 0.2) is 92.8 Å². The van der Waals surface area contributed by atoms with E-state index in [2.05, 4.69) is 20.6 Å². The molecule has 2 amide bonds. The van der Waals surface area contributed by atoms with Crippen LogP contribution >= 0.6 is 12.2 Å². The van der Waals surface area contributed by atoms with Crippen LogP contribution in [0.5, 0.6) is 0 Å². The van der Waals surface area contributed by atoms with E-state index in [1.54, 1.807) is 59.3 Å². The number of nitrogens with zero attached hydrogens (tertiary/aromatic N) is 6. The van der Waals surface area contributed by atoms with Crippen molar-refractivity contribution in [1.82, 2.24) is 20.1 Å². The fourth-order valence-corrected chi connectivity index (χ4v) is 5.71. The van der Waals surface area contributed by atoms with Crippen molar-refractivity contribution in [3.05, 3.63) is 90.1 Å².